The van der Waals surface area contributed by atoms with Gasteiger partial charge in [-0.3, -0.25) is 5.10 Å². The molecule has 4 heteroatoms. The monoisotopic (exact) mass is 216 g/mol. The van der Waals surface area contributed by atoms with E-state index in [0.29, 0.717) is 6.54 Å². The van der Waals surface area contributed by atoms with Crippen molar-refractivity contribution in [2.24, 2.45) is 5.73 Å². The molecule has 0 aliphatic carbocycles. The minimum absolute atomic E-state index is 0.414. The zero-order valence-electron chi connectivity index (χ0n) is 9.40. The van der Waals surface area contributed by atoms with Crippen LogP contribution in [0.5, 0.6) is 0 Å². The van der Waals surface area contributed by atoms with Crippen LogP contribution in [0.4, 0.5) is 0 Å². The summed E-state index contributed by atoms with van der Waals surface area (Å²) >= 11 is 0. The number of rotatable bonds is 4. The predicted octanol–water partition coefficient (Wildman–Crippen LogP) is 1.36. The van der Waals surface area contributed by atoms with Gasteiger partial charge < -0.3 is 5.73 Å². The highest BCUT2D eigenvalue weighted by atomic mass is 15.2. The predicted molar refractivity (Wildman–Crippen MR) is 62.9 cm³/mol. The quantitative estimate of drug-likeness (QED) is 0.810. The van der Waals surface area contributed by atoms with Crippen LogP contribution in [0.25, 0.3) is 0 Å². The summed E-state index contributed by atoms with van der Waals surface area (Å²) in [6.07, 6.45) is 1.82. The van der Waals surface area contributed by atoms with Gasteiger partial charge in [0.05, 0.1) is 6.54 Å². The molecule has 0 bridgehead atoms. The largest absolute Gasteiger partial charge is 0.324 e. The van der Waals surface area contributed by atoms with Crippen molar-refractivity contribution >= 4 is 0 Å². The molecule has 1 heterocycles. The Hall–Kier alpha value is -1.68. The molecule has 0 spiro atoms. The molecule has 2 rings (SSSR count). The van der Waals surface area contributed by atoms with Crippen LogP contribution in [0.3, 0.4) is 0 Å². The number of aryl methyl sites for hydroxylation is 3. The molecule has 0 fully saturated rings. The Labute approximate surface area is 94.9 Å². The number of hydrogen-bond acceptors (Lipinski definition) is 3. The molecule has 16 heavy (non-hydrogen) atoms. The summed E-state index contributed by atoms with van der Waals surface area (Å²) in [5.74, 6) is 1.59. The van der Waals surface area contributed by atoms with Crippen LogP contribution in [-0.4, -0.2) is 15.2 Å². The Morgan fingerprint density at radius 3 is 2.75 bits per heavy atom. The van der Waals surface area contributed by atoms with Crippen molar-refractivity contribution in [1.82, 2.24) is 15.2 Å². The molecule has 3 N–H and O–H groups in total. The molecule has 0 aliphatic rings. The summed E-state index contributed by atoms with van der Waals surface area (Å²) in [5, 5.41) is 6.94. The summed E-state index contributed by atoms with van der Waals surface area (Å²) in [5.41, 5.74) is 8.13. The number of nitrogens with one attached hydrogen (secondary N) is 1. The van der Waals surface area contributed by atoms with Crippen molar-refractivity contribution in [1.29, 1.82) is 0 Å². The van der Waals surface area contributed by atoms with Gasteiger partial charge in [0, 0.05) is 6.42 Å². The van der Waals surface area contributed by atoms with Crippen LogP contribution in [0.2, 0.25) is 0 Å². The van der Waals surface area contributed by atoms with Gasteiger partial charge in [0.2, 0.25) is 0 Å². The van der Waals surface area contributed by atoms with Gasteiger partial charge in [-0.25, -0.2) is 4.98 Å². The number of hydrogen-bond donors (Lipinski definition) is 2. The molecule has 4 nitrogen and oxygen atoms in total. The number of nitrogens with two attached hydrogens (primary N) is 1. The molecule has 0 saturated heterocycles. The van der Waals surface area contributed by atoms with Gasteiger partial charge in [-0.2, -0.15) is 5.10 Å². The summed E-state index contributed by atoms with van der Waals surface area (Å²) in [7, 11) is 0. The third-order valence-electron chi connectivity index (χ3n) is 2.65. The highest BCUT2D eigenvalue weighted by Crippen LogP contribution is 2.09. The van der Waals surface area contributed by atoms with Gasteiger partial charge in [-0.1, -0.05) is 24.3 Å². The first-order chi connectivity index (χ1) is 7.79. The molecule has 0 unspecified atom stereocenters. The molecule has 0 amide bonds. The van der Waals surface area contributed by atoms with E-state index in [9.17, 15) is 0 Å². The molecule has 2 aromatic rings. The van der Waals surface area contributed by atoms with Crippen molar-refractivity contribution in [2.45, 2.75) is 26.3 Å². The van der Waals surface area contributed by atoms with Gasteiger partial charge in [-0.15, -0.1) is 0 Å². The molecule has 0 radical (unpaired) electrons. The maximum Gasteiger partial charge on any atom is 0.151 e. The van der Waals surface area contributed by atoms with Gasteiger partial charge in [0.15, 0.2) is 5.82 Å². The van der Waals surface area contributed by atoms with E-state index in [0.717, 1.165) is 24.5 Å². The molecule has 1 aromatic carbocycles. The van der Waals surface area contributed by atoms with Crippen LogP contribution in [-0.2, 0) is 19.4 Å². The SMILES string of the molecule is Cc1ccccc1CCc1n[nH]c(CN)n1. The minimum atomic E-state index is 0.414. The average molecular weight is 216 g/mol. The summed E-state index contributed by atoms with van der Waals surface area (Å²) in [4.78, 5) is 4.28. The fourth-order valence-corrected chi connectivity index (χ4v) is 1.67. The van der Waals surface area contributed by atoms with Crippen molar-refractivity contribution in [3.8, 4) is 0 Å². The van der Waals surface area contributed by atoms with Gasteiger partial charge >= 0.3 is 0 Å². The van der Waals surface area contributed by atoms with Crippen molar-refractivity contribution in [3.05, 3.63) is 47.0 Å². The molecule has 84 valence electrons. The lowest BCUT2D eigenvalue weighted by atomic mass is 10.0. The standard InChI is InChI=1S/C12H16N4/c1-9-4-2-3-5-10(9)6-7-11-14-12(8-13)16-15-11/h2-5H,6-8,13H2,1H3,(H,14,15,16). The van der Waals surface area contributed by atoms with Crippen molar-refractivity contribution in [2.75, 3.05) is 0 Å². The van der Waals surface area contributed by atoms with E-state index in [1.807, 2.05) is 0 Å². The number of aromatic amines is 1. The second-order valence-corrected chi connectivity index (χ2v) is 3.83. The smallest absolute Gasteiger partial charge is 0.151 e. The van der Waals surface area contributed by atoms with E-state index in [2.05, 4.69) is 46.4 Å². The van der Waals surface area contributed by atoms with Gasteiger partial charge in [-0.05, 0) is 24.5 Å². The van der Waals surface area contributed by atoms with Crippen LogP contribution in [0, 0.1) is 6.92 Å². The van der Waals surface area contributed by atoms with E-state index in [1.165, 1.54) is 11.1 Å². The van der Waals surface area contributed by atoms with Gasteiger partial charge in [0.25, 0.3) is 0 Å². The van der Waals surface area contributed by atoms with Crippen LogP contribution in [0.15, 0.2) is 24.3 Å². The third-order valence-corrected chi connectivity index (χ3v) is 2.65. The highest BCUT2D eigenvalue weighted by Gasteiger charge is 2.03. The highest BCUT2D eigenvalue weighted by molar-refractivity contribution is 5.25. The second kappa shape index (κ2) is 4.90. The van der Waals surface area contributed by atoms with Crippen LogP contribution >= 0.6 is 0 Å². The first kappa shape index (κ1) is 10.8. The van der Waals surface area contributed by atoms with E-state index >= 15 is 0 Å². The number of benzene rings is 1. The van der Waals surface area contributed by atoms with Crippen molar-refractivity contribution in [3.63, 3.8) is 0 Å². The van der Waals surface area contributed by atoms with Crippen molar-refractivity contribution < 1.29 is 0 Å². The molecule has 0 aliphatic heterocycles. The maximum absolute atomic E-state index is 5.46. The van der Waals surface area contributed by atoms with Gasteiger partial charge in [0.1, 0.15) is 5.82 Å². The first-order valence-corrected chi connectivity index (χ1v) is 5.44. The Bertz CT molecular complexity index is 462. The lowest BCUT2D eigenvalue weighted by Gasteiger charge is -2.02. The number of H-pyrrole nitrogens is 1. The topological polar surface area (TPSA) is 67.6 Å². The Morgan fingerprint density at radius 2 is 2.06 bits per heavy atom. The normalized spacial score (nSPS) is 10.6. The summed E-state index contributed by atoms with van der Waals surface area (Å²) in [6.45, 7) is 2.54. The Balaban J connectivity index is 1.99. The first-order valence-electron chi connectivity index (χ1n) is 5.44. The average Bonchev–Trinajstić information content (AvgIpc) is 2.76. The molecular weight excluding hydrogens is 200 g/mol. The van der Waals surface area contributed by atoms with Crippen LogP contribution in [0.1, 0.15) is 22.8 Å². The zero-order valence-corrected chi connectivity index (χ0v) is 9.40. The lowest BCUT2D eigenvalue weighted by Crippen LogP contribution is -1.99. The van der Waals surface area contributed by atoms with E-state index in [-0.39, 0.29) is 0 Å². The molecular formula is C12H16N4. The summed E-state index contributed by atoms with van der Waals surface area (Å²) in [6, 6.07) is 8.38. The Morgan fingerprint density at radius 1 is 1.25 bits per heavy atom. The molecule has 0 saturated carbocycles. The minimum Gasteiger partial charge on any atom is -0.324 e. The molecule has 1 aromatic heterocycles. The maximum atomic E-state index is 5.46. The number of nitrogens with zero attached hydrogens (tertiary/aromatic N) is 2. The van der Waals surface area contributed by atoms with E-state index in [1.54, 1.807) is 0 Å². The van der Waals surface area contributed by atoms with E-state index in [4.69, 9.17) is 5.73 Å². The fraction of sp³-hybridized carbons (Fsp3) is 0.333. The van der Waals surface area contributed by atoms with E-state index < -0.39 is 0 Å². The fourth-order valence-electron chi connectivity index (χ4n) is 1.67. The zero-order chi connectivity index (χ0) is 11.4. The van der Waals surface area contributed by atoms with Crippen LogP contribution < -0.4 is 5.73 Å². The second-order valence-electron chi connectivity index (χ2n) is 3.83. The molecule has 0 atom stereocenters. The number of aromatic nitrogens is 3. The third kappa shape index (κ3) is 2.46. The Kier molecular flexibility index (Phi) is 3.31. The lowest BCUT2D eigenvalue weighted by molar-refractivity contribution is 0.860. The summed E-state index contributed by atoms with van der Waals surface area (Å²) < 4.78 is 0.